The Labute approximate surface area is 165 Å². The summed E-state index contributed by atoms with van der Waals surface area (Å²) in [5.74, 6) is 0.0950. The molecule has 0 fully saturated rings. The fourth-order valence-corrected chi connectivity index (χ4v) is 2.76. The second-order valence-corrected chi connectivity index (χ2v) is 6.77. The number of rotatable bonds is 8. The van der Waals surface area contributed by atoms with E-state index in [2.05, 4.69) is 5.32 Å². The van der Waals surface area contributed by atoms with Gasteiger partial charge in [-0.05, 0) is 56.2 Å². The van der Waals surface area contributed by atoms with Crippen molar-refractivity contribution < 1.29 is 14.3 Å². The third-order valence-corrected chi connectivity index (χ3v) is 4.29. The average Bonchev–Trinajstić information content (AvgIpc) is 2.64. The molecule has 0 saturated carbocycles. The van der Waals surface area contributed by atoms with Crippen LogP contribution in [0.25, 0.3) is 0 Å². The van der Waals surface area contributed by atoms with E-state index in [1.807, 2.05) is 38.1 Å². The van der Waals surface area contributed by atoms with Gasteiger partial charge in [0.15, 0.2) is 6.10 Å². The van der Waals surface area contributed by atoms with Gasteiger partial charge in [-0.25, -0.2) is 0 Å². The Morgan fingerprint density at radius 2 is 1.81 bits per heavy atom. The normalized spacial score (nSPS) is 11.6. The molecule has 1 N–H and O–H groups in total. The van der Waals surface area contributed by atoms with Crippen molar-refractivity contribution in [1.82, 2.24) is 4.90 Å². The predicted molar refractivity (Wildman–Crippen MR) is 108 cm³/mol. The molecule has 0 aliphatic heterocycles. The third kappa shape index (κ3) is 6.29. The zero-order valence-corrected chi connectivity index (χ0v) is 16.6. The van der Waals surface area contributed by atoms with Crippen molar-refractivity contribution in [2.45, 2.75) is 33.3 Å². The Morgan fingerprint density at radius 3 is 2.44 bits per heavy atom. The van der Waals surface area contributed by atoms with Gasteiger partial charge in [0.1, 0.15) is 5.75 Å². The highest BCUT2D eigenvalue weighted by molar-refractivity contribution is 6.30. The standard InChI is InChI=1S/C21H25ClN2O3/c1-4-13-24(14-20(25)23-19-8-6-5-7-15(19)2)21(26)16(3)27-18-11-9-17(22)10-12-18/h5-12,16H,4,13-14H2,1-3H3,(H,23,25). The molecule has 6 heteroatoms. The molecule has 2 aromatic carbocycles. The molecule has 144 valence electrons. The number of hydrogen-bond donors (Lipinski definition) is 1. The molecule has 0 aromatic heterocycles. The molecule has 1 unspecified atom stereocenters. The summed E-state index contributed by atoms with van der Waals surface area (Å²) in [5, 5.41) is 3.46. The van der Waals surface area contributed by atoms with Crippen molar-refractivity contribution in [3.63, 3.8) is 0 Å². The second kappa shape index (κ2) is 9.97. The van der Waals surface area contributed by atoms with Gasteiger partial charge in [-0.3, -0.25) is 9.59 Å². The summed E-state index contributed by atoms with van der Waals surface area (Å²) in [4.78, 5) is 26.7. The molecule has 2 rings (SSSR count). The first kappa shape index (κ1) is 20.8. The summed E-state index contributed by atoms with van der Waals surface area (Å²) in [6, 6.07) is 14.4. The fraction of sp³-hybridized carbons (Fsp3) is 0.333. The summed E-state index contributed by atoms with van der Waals surface area (Å²) >= 11 is 5.86. The van der Waals surface area contributed by atoms with Crippen molar-refractivity contribution in [2.24, 2.45) is 0 Å². The van der Waals surface area contributed by atoms with Gasteiger partial charge in [0.25, 0.3) is 5.91 Å². The SMILES string of the molecule is CCCN(CC(=O)Nc1ccccc1C)C(=O)C(C)Oc1ccc(Cl)cc1. The molecule has 2 aromatic rings. The molecule has 1 atom stereocenters. The van der Waals surface area contributed by atoms with Crippen molar-refractivity contribution in [2.75, 3.05) is 18.4 Å². The van der Waals surface area contributed by atoms with Crippen LogP contribution in [0.4, 0.5) is 5.69 Å². The first-order chi connectivity index (χ1) is 12.9. The lowest BCUT2D eigenvalue weighted by Gasteiger charge is -2.25. The summed E-state index contributed by atoms with van der Waals surface area (Å²) in [5.41, 5.74) is 1.72. The van der Waals surface area contributed by atoms with Gasteiger partial charge in [-0.15, -0.1) is 0 Å². The van der Waals surface area contributed by atoms with Crippen LogP contribution < -0.4 is 10.1 Å². The minimum atomic E-state index is -0.705. The van der Waals surface area contributed by atoms with Crippen LogP contribution in [0.2, 0.25) is 5.02 Å². The van der Waals surface area contributed by atoms with Crippen LogP contribution in [-0.2, 0) is 9.59 Å². The van der Waals surface area contributed by atoms with E-state index in [0.29, 0.717) is 17.3 Å². The molecule has 0 saturated heterocycles. The van der Waals surface area contributed by atoms with E-state index < -0.39 is 6.10 Å². The predicted octanol–water partition coefficient (Wildman–Crippen LogP) is 4.29. The van der Waals surface area contributed by atoms with E-state index in [1.165, 1.54) is 4.90 Å². The highest BCUT2D eigenvalue weighted by Gasteiger charge is 2.23. The number of nitrogens with zero attached hydrogens (tertiary/aromatic N) is 1. The summed E-state index contributed by atoms with van der Waals surface area (Å²) in [7, 11) is 0. The lowest BCUT2D eigenvalue weighted by molar-refractivity contribution is -0.140. The highest BCUT2D eigenvalue weighted by atomic mass is 35.5. The van der Waals surface area contributed by atoms with Crippen LogP contribution in [0.15, 0.2) is 48.5 Å². The van der Waals surface area contributed by atoms with E-state index in [9.17, 15) is 9.59 Å². The van der Waals surface area contributed by atoms with E-state index in [1.54, 1.807) is 31.2 Å². The number of benzene rings is 2. The maximum atomic E-state index is 12.8. The van der Waals surface area contributed by atoms with Crippen molar-refractivity contribution in [3.8, 4) is 5.75 Å². The van der Waals surface area contributed by atoms with Gasteiger partial charge in [0, 0.05) is 17.3 Å². The van der Waals surface area contributed by atoms with Gasteiger partial charge in [0.05, 0.1) is 6.54 Å². The third-order valence-electron chi connectivity index (χ3n) is 4.03. The minimum absolute atomic E-state index is 0.0185. The van der Waals surface area contributed by atoms with Gasteiger partial charge < -0.3 is 15.0 Å². The zero-order chi connectivity index (χ0) is 19.8. The van der Waals surface area contributed by atoms with Gasteiger partial charge in [-0.1, -0.05) is 36.7 Å². The van der Waals surface area contributed by atoms with Crippen LogP contribution in [0.1, 0.15) is 25.8 Å². The molecule has 5 nitrogen and oxygen atoms in total. The summed E-state index contributed by atoms with van der Waals surface area (Å²) < 4.78 is 5.70. The first-order valence-corrected chi connectivity index (χ1v) is 9.35. The van der Waals surface area contributed by atoms with Crippen LogP contribution in [0, 0.1) is 6.92 Å². The Bertz CT molecular complexity index is 777. The van der Waals surface area contributed by atoms with Crippen LogP contribution in [0.3, 0.4) is 0 Å². The maximum Gasteiger partial charge on any atom is 0.263 e. The number of nitrogens with one attached hydrogen (secondary N) is 1. The topological polar surface area (TPSA) is 58.6 Å². The lowest BCUT2D eigenvalue weighted by atomic mass is 10.2. The monoisotopic (exact) mass is 388 g/mol. The van der Waals surface area contributed by atoms with Crippen molar-refractivity contribution in [1.29, 1.82) is 0 Å². The number of hydrogen-bond acceptors (Lipinski definition) is 3. The van der Waals surface area contributed by atoms with E-state index >= 15 is 0 Å². The molecule has 0 heterocycles. The largest absolute Gasteiger partial charge is 0.481 e. The maximum absolute atomic E-state index is 12.8. The smallest absolute Gasteiger partial charge is 0.263 e. The Kier molecular flexibility index (Phi) is 7.67. The lowest BCUT2D eigenvalue weighted by Crippen LogP contribution is -2.44. The number of halogens is 1. The number of carbonyl (C=O) groups excluding carboxylic acids is 2. The highest BCUT2D eigenvalue weighted by Crippen LogP contribution is 2.18. The number of carbonyl (C=O) groups is 2. The molecule has 0 radical (unpaired) electrons. The Balaban J connectivity index is 1.99. The Morgan fingerprint density at radius 1 is 1.15 bits per heavy atom. The second-order valence-electron chi connectivity index (χ2n) is 6.34. The molecule has 0 spiro atoms. The number of aryl methyl sites for hydroxylation is 1. The zero-order valence-electron chi connectivity index (χ0n) is 15.9. The number of para-hydroxylation sites is 1. The van der Waals surface area contributed by atoms with Gasteiger partial charge in [-0.2, -0.15) is 0 Å². The molecular weight excluding hydrogens is 364 g/mol. The van der Waals surface area contributed by atoms with E-state index in [4.69, 9.17) is 16.3 Å². The van der Waals surface area contributed by atoms with E-state index in [0.717, 1.165) is 17.7 Å². The fourth-order valence-electron chi connectivity index (χ4n) is 2.64. The van der Waals surface area contributed by atoms with Gasteiger partial charge >= 0.3 is 0 Å². The van der Waals surface area contributed by atoms with Crippen LogP contribution in [-0.4, -0.2) is 35.9 Å². The number of ether oxygens (including phenoxy) is 1. The summed E-state index contributed by atoms with van der Waals surface area (Å²) in [6.07, 6.45) is 0.0424. The molecule has 0 aliphatic rings. The Hall–Kier alpha value is -2.53. The quantitative estimate of drug-likeness (QED) is 0.733. The van der Waals surface area contributed by atoms with Crippen LogP contribution >= 0.6 is 11.6 Å². The van der Waals surface area contributed by atoms with E-state index in [-0.39, 0.29) is 18.4 Å². The molecule has 0 bridgehead atoms. The number of anilines is 1. The molecule has 0 aliphatic carbocycles. The first-order valence-electron chi connectivity index (χ1n) is 8.97. The molecule has 27 heavy (non-hydrogen) atoms. The van der Waals surface area contributed by atoms with Crippen LogP contribution in [0.5, 0.6) is 5.75 Å². The minimum Gasteiger partial charge on any atom is -0.481 e. The van der Waals surface area contributed by atoms with Crippen molar-refractivity contribution in [3.05, 3.63) is 59.1 Å². The van der Waals surface area contributed by atoms with Crippen molar-refractivity contribution >= 4 is 29.1 Å². The molecule has 2 amide bonds. The van der Waals surface area contributed by atoms with Gasteiger partial charge in [0.2, 0.25) is 5.91 Å². The molecular formula is C21H25ClN2O3. The average molecular weight is 389 g/mol. The number of amides is 2. The summed E-state index contributed by atoms with van der Waals surface area (Å²) in [6.45, 7) is 6.03.